The summed E-state index contributed by atoms with van der Waals surface area (Å²) in [6.45, 7) is 1.80. The molecule has 2 aromatic heterocycles. The van der Waals surface area contributed by atoms with Gasteiger partial charge in [-0.2, -0.15) is 0 Å². The van der Waals surface area contributed by atoms with Crippen molar-refractivity contribution in [1.29, 1.82) is 0 Å². The van der Waals surface area contributed by atoms with Crippen molar-refractivity contribution in [3.8, 4) is 0 Å². The maximum Gasteiger partial charge on any atom is 0.321 e. The van der Waals surface area contributed by atoms with Gasteiger partial charge in [0.15, 0.2) is 0 Å². The topological polar surface area (TPSA) is 78.7 Å². The summed E-state index contributed by atoms with van der Waals surface area (Å²) < 4.78 is 1.96. The minimum atomic E-state index is -0.133. The molecule has 1 aliphatic heterocycles. The molecule has 0 saturated carbocycles. The normalized spacial score (nSPS) is 13.8. The van der Waals surface area contributed by atoms with Gasteiger partial charge in [0.25, 0.3) is 5.91 Å². The fourth-order valence-electron chi connectivity index (χ4n) is 3.02. The lowest BCUT2D eigenvalue weighted by Gasteiger charge is -2.14. The number of anilines is 1. The maximum absolute atomic E-state index is 12.3. The van der Waals surface area contributed by atoms with E-state index in [9.17, 15) is 9.59 Å². The van der Waals surface area contributed by atoms with E-state index in [1.165, 1.54) is 0 Å². The summed E-state index contributed by atoms with van der Waals surface area (Å²) >= 11 is 0. The van der Waals surface area contributed by atoms with Crippen LogP contribution in [0.25, 0.3) is 5.65 Å². The molecule has 26 heavy (non-hydrogen) atoms. The second-order valence-corrected chi connectivity index (χ2v) is 6.13. The van der Waals surface area contributed by atoms with Crippen LogP contribution in [-0.4, -0.2) is 41.0 Å². The third kappa shape index (κ3) is 3.23. The highest BCUT2D eigenvalue weighted by Crippen LogP contribution is 2.17. The second-order valence-electron chi connectivity index (χ2n) is 6.13. The minimum absolute atomic E-state index is 0.102. The molecule has 0 spiro atoms. The molecule has 3 amide bonds. The highest BCUT2D eigenvalue weighted by atomic mass is 16.2. The van der Waals surface area contributed by atoms with Crippen molar-refractivity contribution >= 4 is 23.3 Å². The van der Waals surface area contributed by atoms with E-state index in [1.807, 2.05) is 35.0 Å². The van der Waals surface area contributed by atoms with Gasteiger partial charge in [-0.05, 0) is 36.4 Å². The molecule has 3 aromatic rings. The molecule has 1 saturated heterocycles. The molecule has 0 atom stereocenters. The smallest absolute Gasteiger partial charge is 0.321 e. The van der Waals surface area contributed by atoms with E-state index in [4.69, 9.17) is 0 Å². The Hall–Kier alpha value is -3.35. The molecular weight excluding hydrogens is 330 g/mol. The molecule has 1 aliphatic rings. The molecule has 2 N–H and O–H groups in total. The van der Waals surface area contributed by atoms with Crippen LogP contribution in [0.2, 0.25) is 0 Å². The zero-order valence-electron chi connectivity index (χ0n) is 14.2. The van der Waals surface area contributed by atoms with E-state index in [1.54, 1.807) is 29.2 Å². The van der Waals surface area contributed by atoms with Crippen molar-refractivity contribution < 1.29 is 9.59 Å². The van der Waals surface area contributed by atoms with Crippen LogP contribution in [0.5, 0.6) is 0 Å². The number of hydrogen-bond acceptors (Lipinski definition) is 3. The third-order valence-corrected chi connectivity index (χ3v) is 4.38. The van der Waals surface area contributed by atoms with Crippen LogP contribution in [0.4, 0.5) is 10.5 Å². The molecule has 4 rings (SSSR count). The first-order chi connectivity index (χ1) is 12.7. The number of imidazole rings is 1. The molecule has 3 heterocycles. The van der Waals surface area contributed by atoms with Crippen LogP contribution in [-0.2, 0) is 6.42 Å². The van der Waals surface area contributed by atoms with E-state index < -0.39 is 0 Å². The van der Waals surface area contributed by atoms with Crippen LogP contribution in [0.15, 0.2) is 54.9 Å². The first-order valence-corrected chi connectivity index (χ1v) is 8.57. The number of carbonyl (C=O) groups excluding carboxylic acids is 2. The van der Waals surface area contributed by atoms with Gasteiger partial charge in [-0.3, -0.25) is 9.69 Å². The van der Waals surface area contributed by atoms with Crippen LogP contribution < -0.4 is 15.5 Å². The fourth-order valence-corrected chi connectivity index (χ4v) is 3.02. The van der Waals surface area contributed by atoms with Gasteiger partial charge < -0.3 is 15.0 Å². The zero-order chi connectivity index (χ0) is 17.9. The molecule has 1 fully saturated rings. The fraction of sp³-hybridized carbons (Fsp3) is 0.211. The number of rotatable bonds is 5. The molecule has 7 heteroatoms. The van der Waals surface area contributed by atoms with Crippen molar-refractivity contribution in [3.63, 3.8) is 0 Å². The third-order valence-electron chi connectivity index (χ3n) is 4.38. The first kappa shape index (κ1) is 16.1. The highest BCUT2D eigenvalue weighted by Gasteiger charge is 2.21. The number of fused-ring (bicyclic) bond motifs is 1. The van der Waals surface area contributed by atoms with Crippen molar-refractivity contribution in [1.82, 2.24) is 20.0 Å². The van der Waals surface area contributed by atoms with E-state index in [0.29, 0.717) is 31.6 Å². The molecule has 1 aromatic carbocycles. The van der Waals surface area contributed by atoms with Gasteiger partial charge in [0.1, 0.15) is 5.65 Å². The summed E-state index contributed by atoms with van der Waals surface area (Å²) in [4.78, 5) is 30.1. The van der Waals surface area contributed by atoms with Gasteiger partial charge in [-0.15, -0.1) is 0 Å². The molecular formula is C19H19N5O2. The quantitative estimate of drug-likeness (QED) is 0.738. The van der Waals surface area contributed by atoms with E-state index in [0.717, 1.165) is 17.0 Å². The molecule has 0 bridgehead atoms. The monoisotopic (exact) mass is 349 g/mol. The summed E-state index contributed by atoms with van der Waals surface area (Å²) in [6, 6.07) is 12.8. The van der Waals surface area contributed by atoms with Crippen LogP contribution in [0, 0.1) is 0 Å². The van der Waals surface area contributed by atoms with E-state index >= 15 is 0 Å². The number of urea groups is 1. The Bertz CT molecular complexity index is 915. The van der Waals surface area contributed by atoms with Crippen molar-refractivity contribution in [2.45, 2.75) is 6.42 Å². The molecule has 0 unspecified atom stereocenters. The standard InChI is InChI=1S/C19H19N5O2/c25-18(14-4-6-16(7-5-14)24-12-10-21-19(24)26)20-9-8-15-13-23-11-2-1-3-17(23)22-15/h1-7,11,13H,8-10,12H2,(H,20,25)(H,21,26). The van der Waals surface area contributed by atoms with Gasteiger partial charge >= 0.3 is 6.03 Å². The van der Waals surface area contributed by atoms with Gasteiger partial charge in [-0.1, -0.05) is 6.07 Å². The van der Waals surface area contributed by atoms with Crippen molar-refractivity contribution in [2.24, 2.45) is 0 Å². The van der Waals surface area contributed by atoms with Gasteiger partial charge in [-0.25, -0.2) is 9.78 Å². The van der Waals surface area contributed by atoms with E-state index in [2.05, 4.69) is 15.6 Å². The Balaban J connectivity index is 1.33. The summed E-state index contributed by atoms with van der Waals surface area (Å²) in [5, 5.41) is 5.67. The number of aromatic nitrogens is 2. The Morgan fingerprint density at radius 3 is 2.77 bits per heavy atom. The predicted molar refractivity (Wildman–Crippen MR) is 98.4 cm³/mol. The lowest BCUT2D eigenvalue weighted by atomic mass is 10.2. The summed E-state index contributed by atoms with van der Waals surface area (Å²) in [5.41, 5.74) is 3.20. The molecule has 0 aliphatic carbocycles. The second kappa shape index (κ2) is 6.87. The van der Waals surface area contributed by atoms with Crippen LogP contribution in [0.1, 0.15) is 16.1 Å². The zero-order valence-corrected chi connectivity index (χ0v) is 14.2. The number of amides is 3. The summed E-state index contributed by atoms with van der Waals surface area (Å²) in [7, 11) is 0. The Morgan fingerprint density at radius 2 is 2.04 bits per heavy atom. The molecule has 7 nitrogen and oxygen atoms in total. The number of carbonyl (C=O) groups is 2. The number of pyridine rings is 1. The maximum atomic E-state index is 12.3. The van der Waals surface area contributed by atoms with Gasteiger partial charge in [0.05, 0.1) is 5.69 Å². The lowest BCUT2D eigenvalue weighted by molar-refractivity contribution is 0.0954. The van der Waals surface area contributed by atoms with Crippen molar-refractivity contribution in [3.05, 3.63) is 66.1 Å². The lowest BCUT2D eigenvalue weighted by Crippen LogP contribution is -2.28. The summed E-state index contributed by atoms with van der Waals surface area (Å²) in [5.74, 6) is -0.133. The summed E-state index contributed by atoms with van der Waals surface area (Å²) in [6.07, 6.45) is 4.59. The number of nitrogens with one attached hydrogen (secondary N) is 2. The Kier molecular flexibility index (Phi) is 4.27. The molecule has 0 radical (unpaired) electrons. The highest BCUT2D eigenvalue weighted by molar-refractivity contribution is 5.97. The molecule has 132 valence electrons. The Labute approximate surface area is 150 Å². The van der Waals surface area contributed by atoms with Crippen LogP contribution in [0.3, 0.4) is 0 Å². The van der Waals surface area contributed by atoms with Gasteiger partial charge in [0, 0.05) is 49.7 Å². The predicted octanol–water partition coefficient (Wildman–Crippen LogP) is 1.84. The SMILES string of the molecule is O=C(NCCc1cn2ccccc2n1)c1ccc(N2CCNC2=O)cc1. The Morgan fingerprint density at radius 1 is 1.19 bits per heavy atom. The minimum Gasteiger partial charge on any atom is -0.352 e. The number of benzene rings is 1. The van der Waals surface area contributed by atoms with Crippen LogP contribution >= 0.6 is 0 Å². The first-order valence-electron chi connectivity index (χ1n) is 8.57. The number of nitrogens with zero attached hydrogens (tertiary/aromatic N) is 3. The van der Waals surface area contributed by atoms with E-state index in [-0.39, 0.29) is 11.9 Å². The van der Waals surface area contributed by atoms with Gasteiger partial charge in [0.2, 0.25) is 0 Å². The largest absolute Gasteiger partial charge is 0.352 e. The number of hydrogen-bond donors (Lipinski definition) is 2. The average molecular weight is 349 g/mol. The average Bonchev–Trinajstić information content (AvgIpc) is 3.27. The van der Waals surface area contributed by atoms with Crippen molar-refractivity contribution in [2.75, 3.05) is 24.5 Å².